The quantitative estimate of drug-likeness (QED) is 0.339. The number of pyridine rings is 1. The van der Waals surface area contributed by atoms with E-state index in [1.807, 2.05) is 24.0 Å². The van der Waals surface area contributed by atoms with Crippen molar-refractivity contribution in [1.29, 1.82) is 0 Å². The minimum atomic E-state index is -0.0651. The summed E-state index contributed by atoms with van der Waals surface area (Å²) in [6, 6.07) is 7.32. The minimum absolute atomic E-state index is 0. The van der Waals surface area contributed by atoms with Gasteiger partial charge < -0.3 is 24.3 Å². The molecule has 0 aromatic carbocycles. The molecule has 0 bridgehead atoms. The van der Waals surface area contributed by atoms with E-state index in [-0.39, 0.29) is 29.9 Å². The van der Waals surface area contributed by atoms with Crippen LogP contribution in [0.4, 0.5) is 0 Å². The predicted octanol–water partition coefficient (Wildman–Crippen LogP) is 3.00. The second-order valence-corrected chi connectivity index (χ2v) is 6.74. The van der Waals surface area contributed by atoms with Crippen LogP contribution in [0.15, 0.2) is 46.1 Å². The van der Waals surface area contributed by atoms with Crippen LogP contribution in [0.3, 0.4) is 0 Å². The SMILES string of the molecule is CCCOc1ncccc1CN=C(NCC)N1CCN(C(=O)c2ccco2)CC1.I. The zero-order valence-electron chi connectivity index (χ0n) is 17.5. The first kappa shape index (κ1) is 24.0. The first-order chi connectivity index (χ1) is 14.2. The van der Waals surface area contributed by atoms with Crippen LogP contribution in [0.1, 0.15) is 36.4 Å². The second-order valence-electron chi connectivity index (χ2n) is 6.74. The van der Waals surface area contributed by atoms with Crippen molar-refractivity contribution < 1.29 is 13.9 Å². The summed E-state index contributed by atoms with van der Waals surface area (Å²) in [4.78, 5) is 25.6. The molecule has 1 amide bonds. The molecular formula is C21H30IN5O3. The zero-order valence-corrected chi connectivity index (χ0v) is 19.9. The zero-order chi connectivity index (χ0) is 20.5. The molecule has 30 heavy (non-hydrogen) atoms. The molecule has 1 aliphatic rings. The molecule has 8 nitrogen and oxygen atoms in total. The van der Waals surface area contributed by atoms with Gasteiger partial charge in [-0.3, -0.25) is 4.79 Å². The van der Waals surface area contributed by atoms with Gasteiger partial charge in [-0.25, -0.2) is 9.98 Å². The third-order valence-electron chi connectivity index (χ3n) is 4.63. The fraction of sp³-hybridized carbons (Fsp3) is 0.476. The molecule has 164 valence electrons. The van der Waals surface area contributed by atoms with E-state index in [1.165, 1.54) is 6.26 Å². The molecule has 1 saturated heterocycles. The Labute approximate surface area is 194 Å². The van der Waals surface area contributed by atoms with E-state index in [0.717, 1.165) is 24.5 Å². The van der Waals surface area contributed by atoms with E-state index in [9.17, 15) is 4.79 Å². The number of carbonyl (C=O) groups excluding carboxylic acids is 1. The molecule has 0 spiro atoms. The monoisotopic (exact) mass is 527 g/mol. The van der Waals surface area contributed by atoms with Gasteiger partial charge in [-0.15, -0.1) is 24.0 Å². The summed E-state index contributed by atoms with van der Waals surface area (Å²) in [5.41, 5.74) is 0.961. The van der Waals surface area contributed by atoms with E-state index >= 15 is 0 Å². The van der Waals surface area contributed by atoms with E-state index in [1.54, 1.807) is 18.3 Å². The second kappa shape index (κ2) is 12.4. The van der Waals surface area contributed by atoms with Gasteiger partial charge in [0, 0.05) is 44.5 Å². The van der Waals surface area contributed by atoms with Gasteiger partial charge in [-0.1, -0.05) is 13.0 Å². The molecule has 3 rings (SSSR count). The lowest BCUT2D eigenvalue weighted by Gasteiger charge is -2.36. The Balaban J connectivity index is 0.00000320. The number of ether oxygens (including phenoxy) is 1. The smallest absolute Gasteiger partial charge is 0.289 e. The van der Waals surface area contributed by atoms with Crippen molar-refractivity contribution >= 4 is 35.8 Å². The molecule has 0 atom stereocenters. The fourth-order valence-electron chi connectivity index (χ4n) is 3.14. The van der Waals surface area contributed by atoms with Gasteiger partial charge in [0.15, 0.2) is 11.7 Å². The topological polar surface area (TPSA) is 83.2 Å². The van der Waals surface area contributed by atoms with Gasteiger partial charge in [0.1, 0.15) is 0 Å². The summed E-state index contributed by atoms with van der Waals surface area (Å²) in [5.74, 6) is 1.80. The van der Waals surface area contributed by atoms with Crippen LogP contribution in [0.5, 0.6) is 5.88 Å². The number of guanidine groups is 1. The molecule has 9 heteroatoms. The van der Waals surface area contributed by atoms with E-state index in [0.29, 0.717) is 51.0 Å². The molecule has 0 unspecified atom stereocenters. The molecular weight excluding hydrogens is 497 g/mol. The summed E-state index contributed by atoms with van der Waals surface area (Å²) in [6.07, 6.45) is 4.19. The molecule has 3 heterocycles. The number of hydrogen-bond acceptors (Lipinski definition) is 5. The van der Waals surface area contributed by atoms with Crippen molar-refractivity contribution in [2.24, 2.45) is 4.99 Å². The van der Waals surface area contributed by atoms with Crippen molar-refractivity contribution in [3.8, 4) is 5.88 Å². The molecule has 0 aliphatic carbocycles. The van der Waals surface area contributed by atoms with Crippen molar-refractivity contribution in [3.05, 3.63) is 48.0 Å². The molecule has 0 saturated carbocycles. The van der Waals surface area contributed by atoms with Crippen molar-refractivity contribution in [2.45, 2.75) is 26.8 Å². The van der Waals surface area contributed by atoms with Crippen LogP contribution >= 0.6 is 24.0 Å². The summed E-state index contributed by atoms with van der Waals surface area (Å²) in [6.45, 7) is 8.70. The highest BCUT2D eigenvalue weighted by Crippen LogP contribution is 2.16. The first-order valence-corrected chi connectivity index (χ1v) is 10.2. The number of piperazine rings is 1. The summed E-state index contributed by atoms with van der Waals surface area (Å²) < 4.78 is 11.0. The van der Waals surface area contributed by atoms with E-state index in [4.69, 9.17) is 14.1 Å². The Bertz CT molecular complexity index is 805. The lowest BCUT2D eigenvalue weighted by Crippen LogP contribution is -2.53. The number of halogens is 1. The molecule has 2 aromatic rings. The van der Waals surface area contributed by atoms with Crippen LogP contribution in [0.2, 0.25) is 0 Å². The predicted molar refractivity (Wildman–Crippen MR) is 126 cm³/mol. The Morgan fingerprint density at radius 2 is 1.97 bits per heavy atom. The molecule has 1 fully saturated rings. The van der Waals surface area contributed by atoms with Gasteiger partial charge in [0.05, 0.1) is 19.4 Å². The number of hydrogen-bond donors (Lipinski definition) is 1. The third kappa shape index (κ3) is 6.35. The minimum Gasteiger partial charge on any atom is -0.477 e. The maximum absolute atomic E-state index is 12.4. The van der Waals surface area contributed by atoms with Crippen LogP contribution in [0.25, 0.3) is 0 Å². The highest BCUT2D eigenvalue weighted by atomic mass is 127. The Kier molecular flexibility index (Phi) is 9.92. The third-order valence-corrected chi connectivity index (χ3v) is 4.63. The van der Waals surface area contributed by atoms with Gasteiger partial charge >= 0.3 is 0 Å². The number of aliphatic imine (C=N–C) groups is 1. The Hall–Kier alpha value is -2.30. The van der Waals surface area contributed by atoms with Crippen LogP contribution in [-0.4, -0.2) is 66.0 Å². The van der Waals surface area contributed by atoms with Gasteiger partial charge in [0.25, 0.3) is 5.91 Å². The lowest BCUT2D eigenvalue weighted by molar-refractivity contribution is 0.0657. The summed E-state index contributed by atoms with van der Waals surface area (Å²) in [7, 11) is 0. The average molecular weight is 527 g/mol. The Morgan fingerprint density at radius 1 is 1.20 bits per heavy atom. The standard InChI is InChI=1S/C21H29N5O3.HI/c1-3-14-29-19-17(7-5-9-23-19)16-24-21(22-4-2)26-12-10-25(11-13-26)20(27)18-8-6-15-28-18;/h5-9,15H,3-4,10-14,16H2,1-2H3,(H,22,24);1H. The number of nitrogens with zero attached hydrogens (tertiary/aromatic N) is 4. The van der Waals surface area contributed by atoms with Crippen LogP contribution < -0.4 is 10.1 Å². The van der Waals surface area contributed by atoms with Crippen molar-refractivity contribution in [1.82, 2.24) is 20.1 Å². The van der Waals surface area contributed by atoms with E-state index < -0.39 is 0 Å². The van der Waals surface area contributed by atoms with Crippen molar-refractivity contribution in [2.75, 3.05) is 39.3 Å². The number of furan rings is 1. The molecule has 2 aromatic heterocycles. The largest absolute Gasteiger partial charge is 0.477 e. The fourth-order valence-corrected chi connectivity index (χ4v) is 3.14. The molecule has 1 N–H and O–H groups in total. The number of rotatable bonds is 7. The summed E-state index contributed by atoms with van der Waals surface area (Å²) >= 11 is 0. The number of aromatic nitrogens is 1. The maximum Gasteiger partial charge on any atom is 0.289 e. The summed E-state index contributed by atoms with van der Waals surface area (Å²) in [5, 5.41) is 3.35. The lowest BCUT2D eigenvalue weighted by atomic mass is 10.2. The van der Waals surface area contributed by atoms with Crippen LogP contribution in [-0.2, 0) is 6.54 Å². The highest BCUT2D eigenvalue weighted by Gasteiger charge is 2.25. The van der Waals surface area contributed by atoms with Crippen molar-refractivity contribution in [3.63, 3.8) is 0 Å². The van der Waals surface area contributed by atoms with Gasteiger partial charge in [-0.2, -0.15) is 0 Å². The molecule has 1 aliphatic heterocycles. The van der Waals surface area contributed by atoms with Gasteiger partial charge in [0.2, 0.25) is 5.88 Å². The maximum atomic E-state index is 12.4. The highest BCUT2D eigenvalue weighted by molar-refractivity contribution is 14.0. The number of carbonyl (C=O) groups is 1. The number of amides is 1. The van der Waals surface area contributed by atoms with Gasteiger partial charge in [-0.05, 0) is 31.5 Å². The first-order valence-electron chi connectivity index (χ1n) is 10.2. The average Bonchev–Trinajstić information content (AvgIpc) is 3.30. The normalized spacial score (nSPS) is 14.3. The Morgan fingerprint density at radius 3 is 2.63 bits per heavy atom. The van der Waals surface area contributed by atoms with E-state index in [2.05, 4.69) is 22.1 Å². The number of nitrogens with one attached hydrogen (secondary N) is 1. The van der Waals surface area contributed by atoms with Crippen LogP contribution in [0, 0.1) is 0 Å². The molecule has 0 radical (unpaired) electrons.